The molecule has 31 heavy (non-hydrogen) atoms. The van der Waals surface area contributed by atoms with E-state index in [9.17, 15) is 0 Å². The Labute approximate surface area is 187 Å². The maximum absolute atomic E-state index is 5.44. The van der Waals surface area contributed by atoms with Crippen LogP contribution in [0.3, 0.4) is 0 Å². The lowest BCUT2D eigenvalue weighted by molar-refractivity contribution is 0.113. The minimum atomic E-state index is -0.0296. The molecule has 0 amide bonds. The molecule has 0 bridgehead atoms. The normalized spacial score (nSPS) is 21.4. The predicted octanol–water partition coefficient (Wildman–Crippen LogP) is 5.39. The van der Waals surface area contributed by atoms with E-state index in [1.807, 2.05) is 0 Å². The van der Waals surface area contributed by atoms with Crippen molar-refractivity contribution in [2.45, 2.75) is 51.5 Å². The lowest BCUT2D eigenvalue weighted by Crippen LogP contribution is -2.47. The van der Waals surface area contributed by atoms with Crippen molar-refractivity contribution in [3.63, 3.8) is 0 Å². The lowest BCUT2D eigenvalue weighted by Gasteiger charge is -2.37. The maximum Gasteiger partial charge on any atom is 0.120 e. The third-order valence-corrected chi connectivity index (χ3v) is 7.79. The summed E-state index contributed by atoms with van der Waals surface area (Å²) in [5, 5.41) is 3.64. The predicted molar refractivity (Wildman–Crippen MR) is 129 cm³/mol. The second kappa shape index (κ2) is 8.48. The van der Waals surface area contributed by atoms with Crippen LogP contribution in [0.2, 0.25) is 0 Å². The van der Waals surface area contributed by atoms with Crippen LogP contribution in [0, 0.1) is 5.92 Å². The highest BCUT2D eigenvalue weighted by Crippen LogP contribution is 2.46. The number of methoxy groups -OCH3 is 1. The molecule has 2 aromatic rings. The molecule has 0 unspecified atom stereocenters. The Morgan fingerprint density at radius 1 is 0.903 bits per heavy atom. The molecule has 2 aliphatic heterocycles. The summed E-state index contributed by atoms with van der Waals surface area (Å²) in [6.45, 7) is 11.9. The molecule has 2 aromatic carbocycles. The number of benzene rings is 2. The van der Waals surface area contributed by atoms with Crippen LogP contribution < -0.4 is 10.1 Å². The first-order valence-electron chi connectivity index (χ1n) is 12.1. The van der Waals surface area contributed by atoms with Crippen molar-refractivity contribution in [3.8, 4) is 5.75 Å². The van der Waals surface area contributed by atoms with Crippen LogP contribution in [0.1, 0.15) is 56.2 Å². The fourth-order valence-electron chi connectivity index (χ4n) is 5.85. The lowest BCUT2D eigenvalue weighted by atomic mass is 9.74. The molecule has 2 fully saturated rings. The zero-order valence-electron chi connectivity index (χ0n) is 19.4. The van der Waals surface area contributed by atoms with Gasteiger partial charge in [-0.3, -0.25) is 4.90 Å². The number of hydrogen-bond donors (Lipinski definition) is 1. The fraction of sp³-hybridized carbons (Fsp3) is 0.556. The van der Waals surface area contributed by atoms with E-state index in [-0.39, 0.29) is 5.41 Å². The molecule has 0 atom stereocenters. The Balaban J connectivity index is 1.26. The number of nitrogens with zero attached hydrogens (tertiary/aromatic N) is 2. The van der Waals surface area contributed by atoms with Crippen molar-refractivity contribution in [3.05, 3.63) is 53.1 Å². The van der Waals surface area contributed by atoms with Crippen molar-refractivity contribution in [1.82, 2.24) is 9.80 Å². The SMILES string of the molecule is COc1ccc2c(c1)Nc1ccc(CN3CCN(CC4CCCC4)CC3)cc1C2(C)C. The Hall–Kier alpha value is -2.04. The maximum atomic E-state index is 5.44. The summed E-state index contributed by atoms with van der Waals surface area (Å²) in [6.07, 6.45) is 5.81. The summed E-state index contributed by atoms with van der Waals surface area (Å²) in [5.41, 5.74) is 6.49. The van der Waals surface area contributed by atoms with Gasteiger partial charge >= 0.3 is 0 Å². The van der Waals surface area contributed by atoms with Gasteiger partial charge in [0.25, 0.3) is 0 Å². The van der Waals surface area contributed by atoms with Crippen molar-refractivity contribution in [2.75, 3.05) is 45.2 Å². The third kappa shape index (κ3) is 4.20. The van der Waals surface area contributed by atoms with Crippen LogP contribution in [0.5, 0.6) is 5.75 Å². The second-order valence-corrected chi connectivity index (χ2v) is 10.3. The standard InChI is InChI=1S/C27H37N3O/c1-27(2)23-10-9-22(31-3)17-26(23)28-25-11-8-21(16-24(25)27)19-30-14-12-29(13-15-30)18-20-6-4-5-7-20/h8-11,16-17,20,28H,4-7,12-15,18-19H2,1-3H3. The number of hydrogen-bond acceptors (Lipinski definition) is 4. The average Bonchev–Trinajstić information content (AvgIpc) is 3.28. The van der Waals surface area contributed by atoms with Crippen LogP contribution >= 0.6 is 0 Å². The average molecular weight is 420 g/mol. The van der Waals surface area contributed by atoms with Gasteiger partial charge in [-0.05, 0) is 47.6 Å². The van der Waals surface area contributed by atoms with Crippen LogP contribution in [-0.2, 0) is 12.0 Å². The monoisotopic (exact) mass is 419 g/mol. The summed E-state index contributed by atoms with van der Waals surface area (Å²) in [6, 6.07) is 13.4. The zero-order chi connectivity index (χ0) is 21.4. The Kier molecular flexibility index (Phi) is 5.70. The molecule has 5 rings (SSSR count). The summed E-state index contributed by atoms with van der Waals surface area (Å²) in [7, 11) is 1.73. The first kappa shape index (κ1) is 20.8. The molecular weight excluding hydrogens is 382 g/mol. The van der Waals surface area contributed by atoms with Gasteiger partial charge in [0.05, 0.1) is 7.11 Å². The number of rotatable bonds is 5. The van der Waals surface area contributed by atoms with E-state index in [1.165, 1.54) is 80.8 Å². The molecule has 1 N–H and O–H groups in total. The number of anilines is 2. The minimum Gasteiger partial charge on any atom is -0.497 e. The van der Waals surface area contributed by atoms with E-state index in [2.05, 4.69) is 65.4 Å². The summed E-state index contributed by atoms with van der Waals surface area (Å²) in [5.74, 6) is 1.86. The van der Waals surface area contributed by atoms with Gasteiger partial charge in [-0.25, -0.2) is 0 Å². The van der Waals surface area contributed by atoms with E-state index in [4.69, 9.17) is 4.74 Å². The highest BCUT2D eigenvalue weighted by Gasteiger charge is 2.33. The molecule has 0 aromatic heterocycles. The topological polar surface area (TPSA) is 27.7 Å². The molecule has 3 aliphatic rings. The molecule has 4 heteroatoms. The van der Waals surface area contributed by atoms with Crippen molar-refractivity contribution < 1.29 is 4.74 Å². The Morgan fingerprint density at radius 3 is 2.39 bits per heavy atom. The molecule has 1 aliphatic carbocycles. The molecule has 1 saturated carbocycles. The van der Waals surface area contributed by atoms with Crippen LogP contribution in [-0.4, -0.2) is 49.6 Å². The van der Waals surface area contributed by atoms with Crippen molar-refractivity contribution in [1.29, 1.82) is 0 Å². The van der Waals surface area contributed by atoms with Crippen LogP contribution in [0.4, 0.5) is 11.4 Å². The van der Waals surface area contributed by atoms with Gasteiger partial charge in [-0.1, -0.05) is 44.9 Å². The molecule has 2 heterocycles. The minimum absolute atomic E-state index is 0.0296. The first-order chi connectivity index (χ1) is 15.0. The third-order valence-electron chi connectivity index (χ3n) is 7.79. The largest absolute Gasteiger partial charge is 0.497 e. The smallest absolute Gasteiger partial charge is 0.120 e. The summed E-state index contributed by atoms with van der Waals surface area (Å²) >= 11 is 0. The molecular formula is C27H37N3O. The Morgan fingerprint density at radius 2 is 1.65 bits per heavy atom. The van der Waals surface area contributed by atoms with E-state index in [0.29, 0.717) is 0 Å². The van der Waals surface area contributed by atoms with E-state index in [0.717, 1.165) is 23.9 Å². The number of nitrogens with one attached hydrogen (secondary N) is 1. The van der Waals surface area contributed by atoms with E-state index in [1.54, 1.807) is 7.11 Å². The fourth-order valence-corrected chi connectivity index (χ4v) is 5.85. The van der Waals surface area contributed by atoms with E-state index < -0.39 is 0 Å². The second-order valence-electron chi connectivity index (χ2n) is 10.3. The van der Waals surface area contributed by atoms with Gasteiger partial charge in [-0.2, -0.15) is 0 Å². The van der Waals surface area contributed by atoms with Crippen LogP contribution in [0.15, 0.2) is 36.4 Å². The Bertz CT molecular complexity index is 924. The first-order valence-corrected chi connectivity index (χ1v) is 12.1. The van der Waals surface area contributed by atoms with Crippen molar-refractivity contribution >= 4 is 11.4 Å². The highest BCUT2D eigenvalue weighted by atomic mass is 16.5. The quantitative estimate of drug-likeness (QED) is 0.704. The molecule has 4 nitrogen and oxygen atoms in total. The molecule has 0 radical (unpaired) electrons. The number of piperazine rings is 1. The van der Waals surface area contributed by atoms with Gasteiger partial charge in [0.2, 0.25) is 0 Å². The highest BCUT2D eigenvalue weighted by molar-refractivity contribution is 5.76. The van der Waals surface area contributed by atoms with Gasteiger partial charge in [0.15, 0.2) is 0 Å². The van der Waals surface area contributed by atoms with Crippen LogP contribution in [0.25, 0.3) is 0 Å². The van der Waals surface area contributed by atoms with Gasteiger partial charge < -0.3 is 15.0 Å². The van der Waals surface area contributed by atoms with Crippen molar-refractivity contribution in [2.24, 2.45) is 5.92 Å². The summed E-state index contributed by atoms with van der Waals surface area (Å²) in [4.78, 5) is 5.34. The summed E-state index contributed by atoms with van der Waals surface area (Å²) < 4.78 is 5.44. The molecule has 0 spiro atoms. The zero-order valence-corrected chi connectivity index (χ0v) is 19.4. The number of ether oxygens (including phenoxy) is 1. The van der Waals surface area contributed by atoms with Gasteiger partial charge in [-0.15, -0.1) is 0 Å². The number of fused-ring (bicyclic) bond motifs is 2. The molecule has 166 valence electrons. The van der Waals surface area contributed by atoms with Gasteiger partial charge in [0.1, 0.15) is 5.75 Å². The molecule has 1 saturated heterocycles. The van der Waals surface area contributed by atoms with Gasteiger partial charge in [0, 0.05) is 62.1 Å². The van der Waals surface area contributed by atoms with E-state index >= 15 is 0 Å².